The molecule has 1 aliphatic rings. The first-order chi connectivity index (χ1) is 14.1. The molecule has 0 saturated carbocycles. The zero-order chi connectivity index (χ0) is 20.8. The lowest BCUT2D eigenvalue weighted by molar-refractivity contribution is -0.139. The number of nitrogens with zero attached hydrogens (tertiary/aromatic N) is 2. The standard InChI is InChI=1S/C22H22N2O4S/c1-4-27-20(25)18-15(2)23-21(29-3)24(19(18)16-11-7-5-8-12-16)22(26)28-17-13-9-6-10-14-17/h5-14,19H,4H2,1-3H3. The predicted octanol–water partition coefficient (Wildman–Crippen LogP) is 4.80. The van der Waals surface area contributed by atoms with E-state index >= 15 is 0 Å². The van der Waals surface area contributed by atoms with Crippen LogP contribution in [0, 0.1) is 0 Å². The first kappa shape index (κ1) is 20.7. The first-order valence-electron chi connectivity index (χ1n) is 9.18. The van der Waals surface area contributed by atoms with Crippen LogP contribution in [0.2, 0.25) is 0 Å². The zero-order valence-corrected chi connectivity index (χ0v) is 17.3. The molecule has 29 heavy (non-hydrogen) atoms. The minimum absolute atomic E-state index is 0.227. The molecule has 1 unspecified atom stereocenters. The van der Waals surface area contributed by atoms with Gasteiger partial charge in [-0.1, -0.05) is 60.3 Å². The average molecular weight is 410 g/mol. The number of para-hydroxylation sites is 1. The first-order valence-corrected chi connectivity index (χ1v) is 10.4. The molecule has 0 aliphatic carbocycles. The highest BCUT2D eigenvalue weighted by Gasteiger charge is 2.40. The normalized spacial score (nSPS) is 16.3. The van der Waals surface area contributed by atoms with Crippen LogP contribution in [0.4, 0.5) is 4.79 Å². The summed E-state index contributed by atoms with van der Waals surface area (Å²) in [6, 6.07) is 17.4. The van der Waals surface area contributed by atoms with Crippen LogP contribution in [0.5, 0.6) is 5.75 Å². The van der Waals surface area contributed by atoms with Crippen LogP contribution >= 0.6 is 11.8 Å². The Morgan fingerprint density at radius 1 is 1.07 bits per heavy atom. The highest BCUT2D eigenvalue weighted by molar-refractivity contribution is 8.13. The molecule has 7 heteroatoms. The number of amides is 1. The smallest absolute Gasteiger partial charge is 0.422 e. The zero-order valence-electron chi connectivity index (χ0n) is 16.5. The van der Waals surface area contributed by atoms with E-state index in [1.807, 2.05) is 42.7 Å². The molecule has 2 aromatic rings. The number of thioether (sulfide) groups is 1. The van der Waals surface area contributed by atoms with Gasteiger partial charge < -0.3 is 9.47 Å². The monoisotopic (exact) mass is 410 g/mol. The van der Waals surface area contributed by atoms with Crippen LogP contribution < -0.4 is 4.74 Å². The molecule has 0 bridgehead atoms. The van der Waals surface area contributed by atoms with Gasteiger partial charge in [-0.05, 0) is 37.8 Å². The molecule has 0 radical (unpaired) electrons. The summed E-state index contributed by atoms with van der Waals surface area (Å²) in [4.78, 5) is 31.9. The second-order valence-corrected chi connectivity index (χ2v) is 6.96. The number of hydrogen-bond donors (Lipinski definition) is 0. The SMILES string of the molecule is CCOC(=O)C1=C(C)N=C(SC)N(C(=O)Oc2ccccc2)C1c1ccccc1. The van der Waals surface area contributed by atoms with Crippen molar-refractivity contribution in [3.8, 4) is 5.75 Å². The number of hydrogen-bond acceptors (Lipinski definition) is 6. The van der Waals surface area contributed by atoms with Gasteiger partial charge >= 0.3 is 12.1 Å². The summed E-state index contributed by atoms with van der Waals surface area (Å²) < 4.78 is 10.8. The van der Waals surface area contributed by atoms with Gasteiger partial charge in [0.05, 0.1) is 17.9 Å². The van der Waals surface area contributed by atoms with Gasteiger partial charge in [-0.3, -0.25) is 0 Å². The number of esters is 1. The van der Waals surface area contributed by atoms with Gasteiger partial charge in [0.2, 0.25) is 0 Å². The van der Waals surface area contributed by atoms with Crippen LogP contribution in [0.3, 0.4) is 0 Å². The average Bonchev–Trinajstić information content (AvgIpc) is 2.74. The van der Waals surface area contributed by atoms with Gasteiger partial charge in [0.15, 0.2) is 5.17 Å². The Hall–Kier alpha value is -3.06. The predicted molar refractivity (Wildman–Crippen MR) is 114 cm³/mol. The van der Waals surface area contributed by atoms with E-state index in [2.05, 4.69) is 4.99 Å². The van der Waals surface area contributed by atoms with E-state index in [0.29, 0.717) is 22.2 Å². The number of ether oxygens (including phenoxy) is 2. The van der Waals surface area contributed by atoms with Crippen LogP contribution in [-0.4, -0.2) is 35.0 Å². The summed E-state index contributed by atoms with van der Waals surface area (Å²) in [7, 11) is 0. The van der Waals surface area contributed by atoms with E-state index in [4.69, 9.17) is 9.47 Å². The topological polar surface area (TPSA) is 68.2 Å². The lowest BCUT2D eigenvalue weighted by atomic mass is 9.95. The molecular formula is C22H22N2O4S. The van der Waals surface area contributed by atoms with Crippen molar-refractivity contribution in [1.82, 2.24) is 4.90 Å². The van der Waals surface area contributed by atoms with Gasteiger partial charge in [0, 0.05) is 0 Å². The number of carbonyl (C=O) groups excluding carboxylic acids is 2. The highest BCUT2D eigenvalue weighted by atomic mass is 32.2. The van der Waals surface area contributed by atoms with Gasteiger partial charge in [-0.2, -0.15) is 0 Å². The maximum atomic E-state index is 13.2. The van der Waals surface area contributed by atoms with Gasteiger partial charge in [-0.15, -0.1) is 0 Å². The molecule has 0 spiro atoms. The molecule has 6 nitrogen and oxygen atoms in total. The van der Waals surface area contributed by atoms with Crippen LogP contribution in [0.1, 0.15) is 25.5 Å². The number of rotatable bonds is 4. The third-order valence-electron chi connectivity index (χ3n) is 4.33. The molecule has 3 rings (SSSR count). The maximum Gasteiger partial charge on any atom is 0.422 e. The minimum Gasteiger partial charge on any atom is -0.463 e. The molecule has 1 aliphatic heterocycles. The fourth-order valence-corrected chi connectivity index (χ4v) is 3.69. The quantitative estimate of drug-likeness (QED) is 0.678. The molecule has 2 aromatic carbocycles. The molecule has 0 fully saturated rings. The van der Waals surface area contributed by atoms with E-state index in [1.54, 1.807) is 38.1 Å². The number of amidine groups is 1. The van der Waals surface area contributed by atoms with Crippen LogP contribution in [0.25, 0.3) is 0 Å². The Bertz CT molecular complexity index is 942. The molecule has 0 saturated heterocycles. The Labute approximate surface area is 174 Å². The van der Waals surface area contributed by atoms with Gasteiger partial charge in [0.25, 0.3) is 0 Å². The molecular weight excluding hydrogens is 388 g/mol. The molecule has 1 atom stereocenters. The summed E-state index contributed by atoms with van der Waals surface area (Å²) in [5, 5.41) is 0.449. The summed E-state index contributed by atoms with van der Waals surface area (Å²) in [6.45, 7) is 3.72. The summed E-state index contributed by atoms with van der Waals surface area (Å²) in [6.07, 6.45) is 1.21. The molecule has 0 aromatic heterocycles. The Morgan fingerprint density at radius 2 is 1.69 bits per heavy atom. The lowest BCUT2D eigenvalue weighted by Gasteiger charge is -2.35. The molecule has 150 valence electrons. The maximum absolute atomic E-state index is 13.2. The van der Waals surface area contributed by atoms with Crippen molar-refractivity contribution < 1.29 is 19.1 Å². The van der Waals surface area contributed by atoms with Crippen molar-refractivity contribution in [3.63, 3.8) is 0 Å². The molecule has 0 N–H and O–H groups in total. The van der Waals surface area contributed by atoms with Crippen molar-refractivity contribution in [3.05, 3.63) is 77.5 Å². The highest BCUT2D eigenvalue weighted by Crippen LogP contribution is 2.38. The Morgan fingerprint density at radius 3 is 2.28 bits per heavy atom. The summed E-state index contributed by atoms with van der Waals surface area (Å²) in [5.74, 6) is -0.0889. The minimum atomic E-state index is -0.702. The largest absolute Gasteiger partial charge is 0.463 e. The second kappa shape index (κ2) is 9.43. The third kappa shape index (κ3) is 4.51. The summed E-state index contributed by atoms with van der Waals surface area (Å²) >= 11 is 1.31. The van der Waals surface area contributed by atoms with E-state index in [-0.39, 0.29) is 6.61 Å². The van der Waals surface area contributed by atoms with Crippen LogP contribution in [-0.2, 0) is 9.53 Å². The fourth-order valence-electron chi connectivity index (χ4n) is 3.08. The number of aliphatic imine (C=N–C) groups is 1. The van der Waals surface area contributed by atoms with E-state index in [9.17, 15) is 9.59 Å². The van der Waals surface area contributed by atoms with Gasteiger partial charge in [-0.25, -0.2) is 19.5 Å². The lowest BCUT2D eigenvalue weighted by Crippen LogP contribution is -2.44. The van der Waals surface area contributed by atoms with Crippen molar-refractivity contribution in [1.29, 1.82) is 0 Å². The number of allylic oxidation sites excluding steroid dienone is 1. The number of benzene rings is 2. The second-order valence-electron chi connectivity index (χ2n) is 6.18. The van der Waals surface area contributed by atoms with Crippen molar-refractivity contribution >= 4 is 29.0 Å². The Balaban J connectivity index is 2.09. The van der Waals surface area contributed by atoms with Crippen molar-refractivity contribution in [2.45, 2.75) is 19.9 Å². The van der Waals surface area contributed by atoms with Gasteiger partial charge in [0.1, 0.15) is 11.8 Å². The Kier molecular flexibility index (Phi) is 6.72. The number of carbonyl (C=O) groups is 2. The van der Waals surface area contributed by atoms with E-state index in [0.717, 1.165) is 5.56 Å². The van der Waals surface area contributed by atoms with Crippen molar-refractivity contribution in [2.24, 2.45) is 4.99 Å². The molecule has 1 heterocycles. The van der Waals surface area contributed by atoms with Crippen molar-refractivity contribution in [2.75, 3.05) is 12.9 Å². The van der Waals surface area contributed by atoms with Crippen LogP contribution in [0.15, 0.2) is 76.9 Å². The van der Waals surface area contributed by atoms with E-state index in [1.165, 1.54) is 16.7 Å². The fraction of sp³-hybridized carbons (Fsp3) is 0.227. The molecule has 1 amide bonds. The summed E-state index contributed by atoms with van der Waals surface area (Å²) in [5.41, 5.74) is 1.60. The van der Waals surface area contributed by atoms with E-state index < -0.39 is 18.1 Å². The third-order valence-corrected chi connectivity index (χ3v) is 4.98.